The Morgan fingerprint density at radius 3 is 2.67 bits per heavy atom. The van der Waals surface area contributed by atoms with Crippen LogP contribution in [0.15, 0.2) is 16.6 Å². The standard InChI is InChI=1S/C11H12BrIO2/c1-6-4-8(7(2)11(14)15-3)10(13)5-9(6)12/h4-5,7H,1-3H3. The van der Waals surface area contributed by atoms with Crippen molar-refractivity contribution in [3.63, 3.8) is 0 Å². The minimum atomic E-state index is -0.214. The summed E-state index contributed by atoms with van der Waals surface area (Å²) in [6.07, 6.45) is 0. The Hall–Kier alpha value is -0.100. The van der Waals surface area contributed by atoms with Crippen LogP contribution in [0.5, 0.6) is 0 Å². The van der Waals surface area contributed by atoms with Gasteiger partial charge < -0.3 is 4.74 Å². The number of esters is 1. The SMILES string of the molecule is COC(=O)C(C)c1cc(C)c(Br)cc1I. The predicted octanol–water partition coefficient (Wildman–Crippen LogP) is 3.64. The highest BCUT2D eigenvalue weighted by Crippen LogP contribution is 2.28. The summed E-state index contributed by atoms with van der Waals surface area (Å²) in [5, 5.41) is 0. The molecule has 4 heteroatoms. The van der Waals surface area contributed by atoms with E-state index >= 15 is 0 Å². The van der Waals surface area contributed by atoms with Gasteiger partial charge in [-0.2, -0.15) is 0 Å². The summed E-state index contributed by atoms with van der Waals surface area (Å²) in [7, 11) is 1.41. The van der Waals surface area contributed by atoms with Gasteiger partial charge in [-0.25, -0.2) is 0 Å². The van der Waals surface area contributed by atoms with E-state index < -0.39 is 0 Å². The topological polar surface area (TPSA) is 26.3 Å². The van der Waals surface area contributed by atoms with Gasteiger partial charge in [0.2, 0.25) is 0 Å². The van der Waals surface area contributed by atoms with Gasteiger partial charge in [0.15, 0.2) is 0 Å². The van der Waals surface area contributed by atoms with Gasteiger partial charge in [0, 0.05) is 8.04 Å². The Morgan fingerprint density at radius 2 is 2.13 bits per heavy atom. The molecule has 0 aliphatic rings. The summed E-state index contributed by atoms with van der Waals surface area (Å²) in [5.74, 6) is -0.414. The molecular formula is C11H12BrIO2. The zero-order valence-electron chi connectivity index (χ0n) is 8.80. The Balaban J connectivity index is 3.14. The second-order valence-electron chi connectivity index (χ2n) is 3.37. The van der Waals surface area contributed by atoms with Gasteiger partial charge in [-0.05, 0) is 53.6 Å². The first-order valence-electron chi connectivity index (χ1n) is 4.50. The monoisotopic (exact) mass is 382 g/mol. The Kier molecular flexibility index (Phi) is 4.58. The molecule has 0 aliphatic carbocycles. The number of ether oxygens (including phenoxy) is 1. The van der Waals surface area contributed by atoms with Crippen LogP contribution in [-0.4, -0.2) is 13.1 Å². The van der Waals surface area contributed by atoms with Crippen molar-refractivity contribution in [3.05, 3.63) is 31.3 Å². The number of hydrogen-bond donors (Lipinski definition) is 0. The van der Waals surface area contributed by atoms with E-state index in [1.54, 1.807) is 0 Å². The lowest BCUT2D eigenvalue weighted by Crippen LogP contribution is -2.12. The third kappa shape index (κ3) is 2.93. The van der Waals surface area contributed by atoms with E-state index in [1.165, 1.54) is 7.11 Å². The number of methoxy groups -OCH3 is 1. The first-order chi connectivity index (χ1) is 6.97. The third-order valence-corrected chi connectivity index (χ3v) is 4.09. The molecule has 82 valence electrons. The van der Waals surface area contributed by atoms with Gasteiger partial charge in [-0.3, -0.25) is 4.79 Å². The van der Waals surface area contributed by atoms with Gasteiger partial charge >= 0.3 is 5.97 Å². The number of hydrogen-bond acceptors (Lipinski definition) is 2. The third-order valence-electron chi connectivity index (χ3n) is 2.30. The van der Waals surface area contributed by atoms with Crippen LogP contribution >= 0.6 is 38.5 Å². The van der Waals surface area contributed by atoms with Crippen LogP contribution in [0.1, 0.15) is 24.0 Å². The van der Waals surface area contributed by atoms with Gasteiger partial charge in [-0.15, -0.1) is 0 Å². The molecule has 1 unspecified atom stereocenters. The van der Waals surface area contributed by atoms with E-state index in [0.29, 0.717) is 0 Å². The molecule has 1 atom stereocenters. The van der Waals surface area contributed by atoms with Crippen molar-refractivity contribution < 1.29 is 9.53 Å². The molecule has 0 amide bonds. The lowest BCUT2D eigenvalue weighted by molar-refractivity contribution is -0.142. The first-order valence-corrected chi connectivity index (χ1v) is 6.38. The molecule has 0 aliphatic heterocycles. The summed E-state index contributed by atoms with van der Waals surface area (Å²) < 4.78 is 6.87. The fourth-order valence-corrected chi connectivity index (χ4v) is 3.02. The zero-order chi connectivity index (χ0) is 11.6. The molecule has 1 aromatic rings. The molecule has 0 fully saturated rings. The first kappa shape index (κ1) is 13.0. The highest BCUT2D eigenvalue weighted by atomic mass is 127. The van der Waals surface area contributed by atoms with E-state index in [-0.39, 0.29) is 11.9 Å². The van der Waals surface area contributed by atoms with Crippen LogP contribution in [0, 0.1) is 10.5 Å². The van der Waals surface area contributed by atoms with E-state index in [1.807, 2.05) is 26.0 Å². The molecule has 1 aromatic carbocycles. The number of halogens is 2. The van der Waals surface area contributed by atoms with Crippen LogP contribution in [0.2, 0.25) is 0 Å². The van der Waals surface area contributed by atoms with E-state index in [9.17, 15) is 4.79 Å². The van der Waals surface area contributed by atoms with Crippen molar-refractivity contribution in [2.45, 2.75) is 19.8 Å². The van der Waals surface area contributed by atoms with Crippen molar-refractivity contribution >= 4 is 44.5 Å². The maximum atomic E-state index is 11.4. The molecule has 1 rings (SSSR count). The van der Waals surface area contributed by atoms with Crippen molar-refractivity contribution in [2.24, 2.45) is 0 Å². The van der Waals surface area contributed by atoms with E-state index in [4.69, 9.17) is 4.74 Å². The highest BCUT2D eigenvalue weighted by Gasteiger charge is 2.18. The van der Waals surface area contributed by atoms with Gasteiger partial charge in [0.25, 0.3) is 0 Å². The summed E-state index contributed by atoms with van der Waals surface area (Å²) in [6.45, 7) is 3.87. The van der Waals surface area contributed by atoms with Crippen molar-refractivity contribution in [3.8, 4) is 0 Å². The Labute approximate surface area is 112 Å². The summed E-state index contributed by atoms with van der Waals surface area (Å²) in [5.41, 5.74) is 2.14. The maximum Gasteiger partial charge on any atom is 0.312 e. The Morgan fingerprint density at radius 1 is 1.53 bits per heavy atom. The summed E-state index contributed by atoms with van der Waals surface area (Å²) in [6, 6.07) is 4.04. The average molecular weight is 383 g/mol. The van der Waals surface area contributed by atoms with Gasteiger partial charge in [0.1, 0.15) is 0 Å². The van der Waals surface area contributed by atoms with Crippen LogP contribution in [-0.2, 0) is 9.53 Å². The molecule has 2 nitrogen and oxygen atoms in total. The Bertz CT molecular complexity index is 390. The van der Waals surface area contributed by atoms with Crippen LogP contribution in [0.4, 0.5) is 0 Å². The number of carbonyl (C=O) groups is 1. The summed E-state index contributed by atoms with van der Waals surface area (Å²) in [4.78, 5) is 11.4. The van der Waals surface area contributed by atoms with E-state index in [0.717, 1.165) is 19.2 Å². The second-order valence-corrected chi connectivity index (χ2v) is 5.38. The minimum Gasteiger partial charge on any atom is -0.469 e. The largest absolute Gasteiger partial charge is 0.469 e. The smallest absolute Gasteiger partial charge is 0.312 e. The number of rotatable bonds is 2. The molecule has 0 N–H and O–H groups in total. The van der Waals surface area contributed by atoms with Crippen LogP contribution in [0.3, 0.4) is 0 Å². The molecule has 0 heterocycles. The molecule has 0 saturated carbocycles. The number of aryl methyl sites for hydroxylation is 1. The zero-order valence-corrected chi connectivity index (χ0v) is 12.5. The highest BCUT2D eigenvalue weighted by molar-refractivity contribution is 14.1. The van der Waals surface area contributed by atoms with Crippen molar-refractivity contribution in [2.75, 3.05) is 7.11 Å². The van der Waals surface area contributed by atoms with Crippen molar-refractivity contribution in [1.29, 1.82) is 0 Å². The number of benzene rings is 1. The van der Waals surface area contributed by atoms with Crippen LogP contribution in [0.25, 0.3) is 0 Å². The van der Waals surface area contributed by atoms with Crippen molar-refractivity contribution in [1.82, 2.24) is 0 Å². The maximum absolute atomic E-state index is 11.4. The molecule has 0 radical (unpaired) electrons. The molecule has 0 spiro atoms. The van der Waals surface area contributed by atoms with E-state index in [2.05, 4.69) is 38.5 Å². The normalized spacial score (nSPS) is 12.3. The van der Waals surface area contributed by atoms with Gasteiger partial charge in [-0.1, -0.05) is 22.0 Å². The molecular weight excluding hydrogens is 371 g/mol. The second kappa shape index (κ2) is 5.30. The lowest BCUT2D eigenvalue weighted by Gasteiger charge is -2.13. The fraction of sp³-hybridized carbons (Fsp3) is 0.364. The lowest BCUT2D eigenvalue weighted by atomic mass is 10.00. The molecule has 15 heavy (non-hydrogen) atoms. The summed E-state index contributed by atoms with van der Waals surface area (Å²) >= 11 is 5.69. The quantitative estimate of drug-likeness (QED) is 0.576. The van der Waals surface area contributed by atoms with Gasteiger partial charge in [0.05, 0.1) is 13.0 Å². The molecule has 0 aromatic heterocycles. The van der Waals surface area contributed by atoms with Crippen LogP contribution < -0.4 is 0 Å². The minimum absolute atomic E-state index is 0.199. The molecule has 0 saturated heterocycles. The number of carbonyl (C=O) groups excluding carboxylic acids is 1. The predicted molar refractivity (Wildman–Crippen MR) is 72.0 cm³/mol. The average Bonchev–Trinajstić information content (AvgIpc) is 2.21. The fourth-order valence-electron chi connectivity index (χ4n) is 1.32. The molecule has 0 bridgehead atoms.